The lowest BCUT2D eigenvalue weighted by Gasteiger charge is -2.17. The largest absolute Gasteiger partial charge is 0.493 e. The van der Waals surface area contributed by atoms with Crippen LogP contribution in [0.2, 0.25) is 0 Å². The average Bonchev–Trinajstić information content (AvgIpc) is 2.82. The number of aliphatic carboxylic acids is 1. The van der Waals surface area contributed by atoms with Crippen molar-refractivity contribution in [1.82, 2.24) is 0 Å². The number of benzene rings is 3. The van der Waals surface area contributed by atoms with Gasteiger partial charge in [-0.05, 0) is 29.3 Å². The molecule has 3 aromatic rings. The molecule has 3 aromatic carbocycles. The van der Waals surface area contributed by atoms with Crippen molar-refractivity contribution >= 4 is 29.1 Å². The fourth-order valence-electron chi connectivity index (χ4n) is 2.79. The van der Waals surface area contributed by atoms with Gasteiger partial charge < -0.3 is 20.3 Å². The Labute approximate surface area is 190 Å². The average molecular weight is 450 g/mol. The number of nitrogens with two attached hydrogens (primary N) is 1. The van der Waals surface area contributed by atoms with E-state index in [9.17, 15) is 9.90 Å². The number of carbonyl (C=O) groups is 1. The van der Waals surface area contributed by atoms with Crippen LogP contribution >= 0.6 is 11.8 Å². The molecular formula is C24H23N3O4S. The van der Waals surface area contributed by atoms with Gasteiger partial charge in [0.05, 0.1) is 13.3 Å². The van der Waals surface area contributed by atoms with Crippen molar-refractivity contribution < 1.29 is 19.4 Å². The standard InChI is InChI=1S/C24H23N3O4S/c1-30-20-13-12-18(15-26-27-24(25)32-16-17-8-4-2-5-9-17)14-21(20)31-22(23(28)29)19-10-6-3-7-11-19/h2-15,22H,16H2,1H3,(H2,25,27)(H,28,29). The summed E-state index contributed by atoms with van der Waals surface area (Å²) in [6, 6.07) is 23.7. The fraction of sp³-hybridized carbons (Fsp3) is 0.125. The van der Waals surface area contributed by atoms with E-state index in [1.54, 1.807) is 42.5 Å². The summed E-state index contributed by atoms with van der Waals surface area (Å²) in [5.74, 6) is 0.279. The number of hydrogen-bond donors (Lipinski definition) is 2. The van der Waals surface area contributed by atoms with Gasteiger partial charge in [-0.3, -0.25) is 0 Å². The number of thioether (sulfide) groups is 1. The molecule has 0 heterocycles. The lowest BCUT2D eigenvalue weighted by molar-refractivity contribution is -0.145. The molecule has 0 radical (unpaired) electrons. The van der Waals surface area contributed by atoms with Gasteiger partial charge in [-0.25, -0.2) is 4.79 Å². The number of methoxy groups -OCH3 is 1. The predicted octanol–water partition coefficient (Wildman–Crippen LogP) is 4.48. The van der Waals surface area contributed by atoms with E-state index < -0.39 is 12.1 Å². The van der Waals surface area contributed by atoms with Gasteiger partial charge in [-0.15, -0.1) is 5.10 Å². The van der Waals surface area contributed by atoms with E-state index in [1.165, 1.54) is 25.1 Å². The zero-order chi connectivity index (χ0) is 22.8. The van der Waals surface area contributed by atoms with Crippen molar-refractivity contribution in [1.29, 1.82) is 0 Å². The summed E-state index contributed by atoms with van der Waals surface area (Å²) in [6.45, 7) is 0. The minimum absolute atomic E-state index is 0.281. The van der Waals surface area contributed by atoms with Gasteiger partial charge in [0.1, 0.15) is 0 Å². The lowest BCUT2D eigenvalue weighted by atomic mass is 10.1. The molecule has 0 fully saturated rings. The normalized spacial score (nSPS) is 12.5. The summed E-state index contributed by atoms with van der Waals surface area (Å²) in [5.41, 5.74) is 8.23. The SMILES string of the molecule is COc1ccc(C=NN=C(N)SCc2ccccc2)cc1OC(C(=O)O)c1ccccc1. The van der Waals surface area contributed by atoms with Gasteiger partial charge >= 0.3 is 5.97 Å². The second kappa shape index (κ2) is 11.6. The van der Waals surface area contributed by atoms with E-state index in [0.717, 1.165) is 5.56 Å². The molecular weight excluding hydrogens is 426 g/mol. The Morgan fingerprint density at radius 2 is 1.75 bits per heavy atom. The number of amidine groups is 1. The minimum Gasteiger partial charge on any atom is -0.493 e. The van der Waals surface area contributed by atoms with Crippen LogP contribution in [-0.2, 0) is 10.5 Å². The van der Waals surface area contributed by atoms with Crippen molar-refractivity contribution in [2.75, 3.05) is 7.11 Å². The second-order valence-corrected chi connectivity index (χ2v) is 7.61. The number of carboxylic acids is 1. The molecule has 164 valence electrons. The summed E-state index contributed by atoms with van der Waals surface area (Å²) < 4.78 is 11.1. The number of nitrogens with zero attached hydrogens (tertiary/aromatic N) is 2. The Bertz CT molecular complexity index is 1090. The number of rotatable bonds is 9. The van der Waals surface area contributed by atoms with Crippen LogP contribution in [0.4, 0.5) is 0 Å². The summed E-state index contributed by atoms with van der Waals surface area (Å²) >= 11 is 1.39. The molecule has 1 atom stereocenters. The molecule has 7 nitrogen and oxygen atoms in total. The maximum Gasteiger partial charge on any atom is 0.349 e. The molecule has 0 spiro atoms. The molecule has 8 heteroatoms. The van der Waals surface area contributed by atoms with Gasteiger partial charge in [0.2, 0.25) is 6.10 Å². The second-order valence-electron chi connectivity index (χ2n) is 6.61. The van der Waals surface area contributed by atoms with Gasteiger partial charge in [0, 0.05) is 11.3 Å². The molecule has 0 amide bonds. The van der Waals surface area contributed by atoms with E-state index in [1.807, 2.05) is 36.4 Å². The maximum absolute atomic E-state index is 11.8. The first-order valence-electron chi connectivity index (χ1n) is 9.72. The highest BCUT2D eigenvalue weighted by atomic mass is 32.2. The monoisotopic (exact) mass is 449 g/mol. The molecule has 1 unspecified atom stereocenters. The number of hydrogen-bond acceptors (Lipinski definition) is 6. The van der Waals surface area contributed by atoms with E-state index in [-0.39, 0.29) is 5.75 Å². The van der Waals surface area contributed by atoms with Gasteiger partial charge in [-0.2, -0.15) is 5.10 Å². The van der Waals surface area contributed by atoms with Crippen molar-refractivity contribution in [2.24, 2.45) is 15.9 Å². The van der Waals surface area contributed by atoms with Gasteiger partial charge in [0.25, 0.3) is 0 Å². The highest BCUT2D eigenvalue weighted by molar-refractivity contribution is 8.13. The van der Waals surface area contributed by atoms with Crippen LogP contribution in [-0.4, -0.2) is 29.6 Å². The highest BCUT2D eigenvalue weighted by Crippen LogP contribution is 2.32. The smallest absolute Gasteiger partial charge is 0.349 e. The Kier molecular flexibility index (Phi) is 8.28. The third-order valence-electron chi connectivity index (χ3n) is 4.35. The zero-order valence-corrected chi connectivity index (χ0v) is 18.2. The van der Waals surface area contributed by atoms with Crippen LogP contribution in [0.1, 0.15) is 22.8 Å². The zero-order valence-electron chi connectivity index (χ0n) is 17.4. The summed E-state index contributed by atoms with van der Waals surface area (Å²) in [5, 5.41) is 18.0. The number of ether oxygens (including phenoxy) is 2. The molecule has 3 N–H and O–H groups in total. The van der Waals surface area contributed by atoms with Crippen molar-refractivity contribution in [3.05, 3.63) is 95.6 Å². The topological polar surface area (TPSA) is 107 Å². The Balaban J connectivity index is 1.71. The van der Waals surface area contributed by atoms with E-state index in [2.05, 4.69) is 10.2 Å². The van der Waals surface area contributed by atoms with E-state index in [0.29, 0.717) is 27.8 Å². The van der Waals surface area contributed by atoms with E-state index in [4.69, 9.17) is 15.2 Å². The molecule has 32 heavy (non-hydrogen) atoms. The summed E-state index contributed by atoms with van der Waals surface area (Å²) in [4.78, 5) is 11.8. The molecule has 0 bridgehead atoms. The summed E-state index contributed by atoms with van der Waals surface area (Å²) in [6.07, 6.45) is 0.334. The predicted molar refractivity (Wildman–Crippen MR) is 127 cm³/mol. The van der Waals surface area contributed by atoms with Crippen molar-refractivity contribution in [3.8, 4) is 11.5 Å². The minimum atomic E-state index is -1.18. The Hall–Kier alpha value is -3.78. The van der Waals surface area contributed by atoms with Crippen molar-refractivity contribution in [2.45, 2.75) is 11.9 Å². The van der Waals surface area contributed by atoms with Gasteiger partial charge in [0.15, 0.2) is 16.7 Å². The van der Waals surface area contributed by atoms with Crippen LogP contribution in [0.5, 0.6) is 11.5 Å². The number of carboxylic acid groups (broad SMARTS) is 1. The molecule has 0 saturated carbocycles. The van der Waals surface area contributed by atoms with Crippen molar-refractivity contribution in [3.63, 3.8) is 0 Å². The first-order valence-corrected chi connectivity index (χ1v) is 10.7. The van der Waals surface area contributed by atoms with Crippen LogP contribution in [0, 0.1) is 0 Å². The van der Waals surface area contributed by atoms with Crippen LogP contribution in [0.3, 0.4) is 0 Å². The quantitative estimate of drug-likeness (QED) is 0.283. The molecule has 0 aliphatic rings. The Morgan fingerprint density at radius 3 is 2.41 bits per heavy atom. The summed E-state index contributed by atoms with van der Waals surface area (Å²) in [7, 11) is 1.49. The van der Waals surface area contributed by atoms with Crippen LogP contribution in [0.15, 0.2) is 89.1 Å². The Morgan fingerprint density at radius 1 is 1.06 bits per heavy atom. The molecule has 0 aliphatic carbocycles. The first kappa shape index (κ1) is 22.9. The van der Waals surface area contributed by atoms with E-state index >= 15 is 0 Å². The lowest BCUT2D eigenvalue weighted by Crippen LogP contribution is -2.18. The fourth-order valence-corrected chi connectivity index (χ4v) is 3.41. The molecule has 0 saturated heterocycles. The third kappa shape index (κ3) is 6.61. The van der Waals surface area contributed by atoms with Crippen LogP contribution in [0.25, 0.3) is 0 Å². The third-order valence-corrected chi connectivity index (χ3v) is 5.21. The first-order chi connectivity index (χ1) is 15.6. The van der Waals surface area contributed by atoms with Gasteiger partial charge in [-0.1, -0.05) is 72.4 Å². The highest BCUT2D eigenvalue weighted by Gasteiger charge is 2.23. The molecule has 0 aromatic heterocycles. The maximum atomic E-state index is 11.8. The molecule has 0 aliphatic heterocycles. The molecule has 3 rings (SSSR count). The van der Waals surface area contributed by atoms with Crippen LogP contribution < -0.4 is 15.2 Å².